The number of benzene rings is 1. The molecule has 6 heteroatoms. The van der Waals surface area contributed by atoms with E-state index in [1.165, 1.54) is 11.3 Å². The Bertz CT molecular complexity index is 1110. The third kappa shape index (κ3) is 3.74. The van der Waals surface area contributed by atoms with E-state index in [-0.39, 0.29) is 11.9 Å². The molecule has 0 N–H and O–H groups in total. The molecule has 1 aliphatic heterocycles. The molecular weight excluding hydrogens is 382 g/mol. The fraction of sp³-hybridized carbons (Fsp3) is 0.261. The van der Waals surface area contributed by atoms with Crippen molar-refractivity contribution in [3.63, 3.8) is 0 Å². The summed E-state index contributed by atoms with van der Waals surface area (Å²) in [6.07, 6.45) is 4.43. The van der Waals surface area contributed by atoms with E-state index in [1.807, 2.05) is 36.1 Å². The highest BCUT2D eigenvalue weighted by Crippen LogP contribution is 2.36. The Hall–Kier alpha value is -3.17. The Morgan fingerprint density at radius 2 is 2.24 bits per heavy atom. The zero-order valence-corrected chi connectivity index (χ0v) is 17.0. The van der Waals surface area contributed by atoms with E-state index < -0.39 is 0 Å². The number of oxazole rings is 1. The molecule has 3 heterocycles. The van der Waals surface area contributed by atoms with Crippen LogP contribution in [0.2, 0.25) is 0 Å². The van der Waals surface area contributed by atoms with Crippen molar-refractivity contribution in [2.45, 2.75) is 32.2 Å². The number of nitrogens with zero attached hydrogens (tertiary/aromatic N) is 3. The van der Waals surface area contributed by atoms with E-state index in [4.69, 9.17) is 9.40 Å². The van der Waals surface area contributed by atoms with Crippen molar-refractivity contribution < 1.29 is 9.21 Å². The number of nitriles is 1. The van der Waals surface area contributed by atoms with Gasteiger partial charge in [-0.3, -0.25) is 4.79 Å². The fourth-order valence-corrected chi connectivity index (χ4v) is 4.52. The summed E-state index contributed by atoms with van der Waals surface area (Å²) in [5, 5.41) is 9.19. The number of aromatic nitrogens is 1. The minimum atomic E-state index is -0.203. The molecule has 1 amide bonds. The van der Waals surface area contributed by atoms with Gasteiger partial charge in [-0.05, 0) is 56.5 Å². The van der Waals surface area contributed by atoms with Gasteiger partial charge in [-0.1, -0.05) is 18.7 Å². The lowest BCUT2D eigenvalue weighted by Gasteiger charge is -2.33. The van der Waals surface area contributed by atoms with Crippen LogP contribution in [0, 0.1) is 18.3 Å². The summed E-state index contributed by atoms with van der Waals surface area (Å²) in [5.74, 6) is 1.11. The summed E-state index contributed by atoms with van der Waals surface area (Å²) < 4.78 is 6.05. The normalized spacial score (nSPS) is 16.4. The molecule has 0 saturated carbocycles. The van der Waals surface area contributed by atoms with Crippen LogP contribution in [-0.2, 0) is 0 Å². The second-order valence-corrected chi connectivity index (χ2v) is 8.37. The molecule has 1 saturated heterocycles. The van der Waals surface area contributed by atoms with Gasteiger partial charge in [0, 0.05) is 17.0 Å². The van der Waals surface area contributed by atoms with E-state index in [9.17, 15) is 10.1 Å². The molecule has 1 unspecified atom stereocenters. The average Bonchev–Trinajstić information content (AvgIpc) is 3.39. The van der Waals surface area contributed by atoms with E-state index in [2.05, 4.69) is 12.6 Å². The minimum Gasteiger partial charge on any atom is -0.438 e. The van der Waals surface area contributed by atoms with Crippen LogP contribution in [0.15, 0.2) is 47.4 Å². The van der Waals surface area contributed by atoms with Crippen molar-refractivity contribution in [3.05, 3.63) is 69.9 Å². The maximum Gasteiger partial charge on any atom is 0.264 e. The van der Waals surface area contributed by atoms with Crippen molar-refractivity contribution in [1.82, 2.24) is 9.88 Å². The molecule has 0 bridgehead atoms. The SMILES string of the molecule is C=Cc1oc(C2CCCCN2C(=O)c2ccc(C)s2)nc1-c1cccc(C#N)c1. The van der Waals surface area contributed by atoms with Gasteiger partial charge in [-0.2, -0.15) is 5.26 Å². The molecule has 0 spiro atoms. The van der Waals surface area contributed by atoms with Gasteiger partial charge in [0.25, 0.3) is 5.91 Å². The standard InChI is InChI=1S/C23H21N3O2S/c1-3-19-21(17-8-6-7-16(13-17)14-24)25-22(28-19)18-9-4-5-12-26(18)23(27)20-11-10-15(2)29-20/h3,6-8,10-11,13,18H,1,4-5,9,12H2,2H3. The summed E-state index contributed by atoms with van der Waals surface area (Å²) in [5.41, 5.74) is 2.01. The van der Waals surface area contributed by atoms with Crippen LogP contribution in [0.4, 0.5) is 0 Å². The topological polar surface area (TPSA) is 70.1 Å². The Kier molecular flexibility index (Phi) is 5.32. The Labute approximate surface area is 173 Å². The van der Waals surface area contributed by atoms with Crippen LogP contribution in [0.25, 0.3) is 17.3 Å². The number of hydrogen-bond acceptors (Lipinski definition) is 5. The van der Waals surface area contributed by atoms with Gasteiger partial charge in [0.2, 0.25) is 5.89 Å². The molecule has 1 aliphatic rings. The number of rotatable bonds is 4. The van der Waals surface area contributed by atoms with Crippen molar-refractivity contribution in [3.8, 4) is 17.3 Å². The first kappa shape index (κ1) is 19.2. The first-order valence-electron chi connectivity index (χ1n) is 9.62. The second kappa shape index (κ2) is 8.06. The van der Waals surface area contributed by atoms with Crippen molar-refractivity contribution >= 4 is 23.3 Å². The molecule has 2 aromatic heterocycles. The number of carbonyl (C=O) groups is 1. The molecule has 1 aromatic carbocycles. The van der Waals surface area contributed by atoms with Gasteiger partial charge in [0.05, 0.1) is 16.5 Å². The lowest BCUT2D eigenvalue weighted by Crippen LogP contribution is -2.38. The molecule has 1 fully saturated rings. The Morgan fingerprint density at radius 3 is 2.97 bits per heavy atom. The highest BCUT2D eigenvalue weighted by Gasteiger charge is 2.33. The lowest BCUT2D eigenvalue weighted by atomic mass is 10.0. The van der Waals surface area contributed by atoms with E-state index in [0.717, 1.165) is 34.6 Å². The number of carbonyl (C=O) groups excluding carboxylic acids is 1. The molecular formula is C23H21N3O2S. The minimum absolute atomic E-state index is 0.0270. The summed E-state index contributed by atoms with van der Waals surface area (Å²) >= 11 is 1.51. The number of hydrogen-bond donors (Lipinski definition) is 0. The molecule has 1 atom stereocenters. The van der Waals surface area contributed by atoms with Crippen LogP contribution in [-0.4, -0.2) is 22.3 Å². The van der Waals surface area contributed by atoms with Gasteiger partial charge in [0.15, 0.2) is 5.76 Å². The van der Waals surface area contributed by atoms with Crippen molar-refractivity contribution in [1.29, 1.82) is 5.26 Å². The molecule has 0 radical (unpaired) electrons. The average molecular weight is 404 g/mol. The zero-order valence-electron chi connectivity index (χ0n) is 16.2. The summed E-state index contributed by atoms with van der Waals surface area (Å²) in [6, 6.07) is 13.1. The number of thiophene rings is 1. The zero-order chi connectivity index (χ0) is 20.4. The highest BCUT2D eigenvalue weighted by molar-refractivity contribution is 7.13. The van der Waals surface area contributed by atoms with E-state index >= 15 is 0 Å². The van der Waals surface area contributed by atoms with Crippen LogP contribution in [0.3, 0.4) is 0 Å². The van der Waals surface area contributed by atoms with Gasteiger partial charge in [-0.25, -0.2) is 4.98 Å². The molecule has 146 valence electrons. The third-order valence-corrected chi connectivity index (χ3v) is 6.11. The van der Waals surface area contributed by atoms with Crippen LogP contribution >= 0.6 is 11.3 Å². The number of likely N-dealkylation sites (tertiary alicyclic amines) is 1. The highest BCUT2D eigenvalue weighted by atomic mass is 32.1. The third-order valence-electron chi connectivity index (χ3n) is 5.12. The monoisotopic (exact) mass is 403 g/mol. The second-order valence-electron chi connectivity index (χ2n) is 7.08. The van der Waals surface area contributed by atoms with E-state index in [0.29, 0.717) is 29.5 Å². The first-order valence-corrected chi connectivity index (χ1v) is 10.4. The molecule has 29 heavy (non-hydrogen) atoms. The fourth-order valence-electron chi connectivity index (χ4n) is 3.70. The molecule has 4 rings (SSSR count). The van der Waals surface area contributed by atoms with Gasteiger partial charge >= 0.3 is 0 Å². The summed E-state index contributed by atoms with van der Waals surface area (Å²) in [6.45, 7) is 6.53. The Balaban J connectivity index is 1.71. The van der Waals surface area contributed by atoms with Crippen molar-refractivity contribution in [2.75, 3.05) is 6.54 Å². The maximum absolute atomic E-state index is 13.1. The number of amides is 1. The number of aryl methyl sites for hydroxylation is 1. The van der Waals surface area contributed by atoms with Crippen molar-refractivity contribution in [2.24, 2.45) is 0 Å². The summed E-state index contributed by atoms with van der Waals surface area (Å²) in [7, 11) is 0. The van der Waals surface area contributed by atoms with Crippen LogP contribution < -0.4 is 0 Å². The lowest BCUT2D eigenvalue weighted by molar-refractivity contribution is 0.0576. The Morgan fingerprint density at radius 1 is 1.38 bits per heavy atom. The van der Waals surface area contributed by atoms with E-state index in [1.54, 1.807) is 18.2 Å². The predicted molar refractivity (Wildman–Crippen MR) is 113 cm³/mol. The quantitative estimate of drug-likeness (QED) is 0.569. The predicted octanol–water partition coefficient (Wildman–Crippen LogP) is 5.59. The van der Waals surface area contributed by atoms with Gasteiger partial charge in [-0.15, -0.1) is 11.3 Å². The van der Waals surface area contributed by atoms with Gasteiger partial charge < -0.3 is 9.32 Å². The molecule has 3 aromatic rings. The largest absolute Gasteiger partial charge is 0.438 e. The smallest absolute Gasteiger partial charge is 0.264 e. The number of piperidine rings is 1. The first-order chi connectivity index (χ1) is 14.1. The van der Waals surface area contributed by atoms with Gasteiger partial charge in [0.1, 0.15) is 11.7 Å². The maximum atomic E-state index is 13.1. The van der Waals surface area contributed by atoms with Crippen LogP contribution in [0.5, 0.6) is 0 Å². The summed E-state index contributed by atoms with van der Waals surface area (Å²) in [4.78, 5) is 21.6. The molecule has 0 aliphatic carbocycles. The van der Waals surface area contributed by atoms with Crippen LogP contribution in [0.1, 0.15) is 57.1 Å². The molecule has 5 nitrogen and oxygen atoms in total.